The topological polar surface area (TPSA) is 70.6 Å². The zero-order chi connectivity index (χ0) is 27.5. The van der Waals surface area contributed by atoms with E-state index in [9.17, 15) is 4.79 Å². The van der Waals surface area contributed by atoms with E-state index in [-0.39, 0.29) is 5.91 Å². The van der Waals surface area contributed by atoms with Crippen molar-refractivity contribution in [3.63, 3.8) is 0 Å². The lowest BCUT2D eigenvalue weighted by molar-refractivity contribution is -0.131. The molecule has 1 heterocycles. The Labute approximate surface area is 223 Å². The Morgan fingerprint density at radius 3 is 2.62 bits per heavy atom. The number of carbonyl (C=O) groups is 1. The molecule has 6 nitrogen and oxygen atoms in total. The highest BCUT2D eigenvalue weighted by atomic mass is 16.5. The lowest BCUT2D eigenvalue weighted by Gasteiger charge is -2.21. The molecule has 37 heavy (non-hydrogen) atoms. The van der Waals surface area contributed by atoms with E-state index in [1.54, 1.807) is 19.2 Å². The molecular weight excluding hydrogens is 460 g/mol. The maximum atomic E-state index is 13.1. The number of H-pyrrole nitrogens is 1. The zero-order valence-electron chi connectivity index (χ0n) is 23.6. The first-order valence-corrected chi connectivity index (χ1v) is 13.4. The van der Waals surface area contributed by atoms with Crippen molar-refractivity contribution in [2.75, 3.05) is 13.6 Å². The number of nitrogens with zero attached hydrogens (tertiary/aromatic N) is 3. The fraction of sp³-hybridized carbons (Fsp3) is 0.452. The first-order chi connectivity index (χ1) is 17.9. The molecule has 1 aromatic heterocycles. The Morgan fingerprint density at radius 2 is 2.00 bits per heavy atom. The number of amides is 1. The molecular formula is C31H46N4O2. The Hall–Kier alpha value is -3.41. The van der Waals surface area contributed by atoms with Crippen LogP contribution in [0.5, 0.6) is 0 Å². The van der Waals surface area contributed by atoms with E-state index in [2.05, 4.69) is 62.1 Å². The monoisotopic (exact) mass is 506 g/mol. The maximum absolute atomic E-state index is 13.1. The molecule has 0 spiro atoms. The second kappa shape index (κ2) is 18.8. The highest BCUT2D eigenvalue weighted by Crippen LogP contribution is 2.13. The average molecular weight is 507 g/mol. The van der Waals surface area contributed by atoms with Crippen LogP contribution in [-0.2, 0) is 16.1 Å². The maximum Gasteiger partial charge on any atom is 0.223 e. The van der Waals surface area contributed by atoms with Gasteiger partial charge in [-0.2, -0.15) is 0 Å². The molecule has 0 aliphatic carbocycles. The summed E-state index contributed by atoms with van der Waals surface area (Å²) in [6, 6.07) is 0. The Bertz CT molecular complexity index is 1100. The van der Waals surface area contributed by atoms with Crippen molar-refractivity contribution in [2.45, 2.75) is 79.2 Å². The largest absolute Gasteiger partial charge is 0.444 e. The van der Waals surface area contributed by atoms with Gasteiger partial charge in [0.15, 0.2) is 0 Å². The number of rotatable bonds is 16. The Balaban J connectivity index is 2.98. The quantitative estimate of drug-likeness (QED) is 0.0999. The summed E-state index contributed by atoms with van der Waals surface area (Å²) >= 11 is 0. The molecule has 1 rings (SSSR count). The lowest BCUT2D eigenvalue weighted by atomic mass is 10.1. The number of hydrogen-bond donors (Lipinski definition) is 1. The van der Waals surface area contributed by atoms with E-state index in [4.69, 9.17) is 9.72 Å². The highest BCUT2D eigenvalue weighted by molar-refractivity contribution is 5.88. The number of imidazole rings is 1. The van der Waals surface area contributed by atoms with Crippen LogP contribution in [0, 0.1) is 0 Å². The van der Waals surface area contributed by atoms with Crippen molar-refractivity contribution in [1.82, 2.24) is 14.9 Å². The molecule has 0 aliphatic rings. The van der Waals surface area contributed by atoms with E-state index < -0.39 is 0 Å². The van der Waals surface area contributed by atoms with Gasteiger partial charge in [0.25, 0.3) is 0 Å². The van der Waals surface area contributed by atoms with Crippen LogP contribution in [0.15, 0.2) is 65.9 Å². The molecule has 1 amide bonds. The number of aromatic amines is 1. The molecule has 0 aliphatic heterocycles. The van der Waals surface area contributed by atoms with Gasteiger partial charge < -0.3 is 14.6 Å². The number of aliphatic imine (C=N–C) groups is 1. The van der Waals surface area contributed by atoms with Crippen molar-refractivity contribution in [3.05, 3.63) is 77.5 Å². The second-order valence-electron chi connectivity index (χ2n) is 8.64. The molecule has 1 aromatic rings. The highest BCUT2D eigenvalue weighted by Gasteiger charge is 2.15. The fourth-order valence-corrected chi connectivity index (χ4v) is 3.74. The summed E-state index contributed by atoms with van der Waals surface area (Å²) in [4.78, 5) is 27.4. The molecule has 0 bridgehead atoms. The summed E-state index contributed by atoms with van der Waals surface area (Å²) in [5, 5.41) is 1.80. The van der Waals surface area contributed by atoms with Gasteiger partial charge in [0, 0.05) is 26.4 Å². The first kappa shape index (κ1) is 31.6. The van der Waals surface area contributed by atoms with Gasteiger partial charge in [0.1, 0.15) is 11.6 Å². The van der Waals surface area contributed by atoms with Crippen LogP contribution >= 0.6 is 0 Å². The van der Waals surface area contributed by atoms with Crippen LogP contribution in [0.3, 0.4) is 0 Å². The van der Waals surface area contributed by atoms with Crippen molar-refractivity contribution in [2.24, 2.45) is 4.99 Å². The minimum Gasteiger partial charge on any atom is -0.444 e. The van der Waals surface area contributed by atoms with Crippen molar-refractivity contribution < 1.29 is 9.53 Å². The Kier molecular flexibility index (Phi) is 16.1. The van der Waals surface area contributed by atoms with Gasteiger partial charge in [-0.15, -0.1) is 0 Å². The van der Waals surface area contributed by atoms with E-state index >= 15 is 0 Å². The summed E-state index contributed by atoms with van der Waals surface area (Å²) in [7, 11) is 1.69. The Morgan fingerprint density at radius 1 is 1.22 bits per heavy atom. The molecule has 0 fully saturated rings. The summed E-state index contributed by atoms with van der Waals surface area (Å²) < 4.78 is 5.71. The molecule has 0 aromatic carbocycles. The molecule has 0 atom stereocenters. The summed E-state index contributed by atoms with van der Waals surface area (Å²) in [5.41, 5.74) is 1.31. The third-order valence-corrected chi connectivity index (χ3v) is 5.64. The molecule has 0 unspecified atom stereocenters. The number of hydrogen-bond acceptors (Lipinski definition) is 4. The summed E-state index contributed by atoms with van der Waals surface area (Å²) in [5.74, 6) is 2.05. The normalized spacial score (nSPS) is 13.6. The third-order valence-electron chi connectivity index (χ3n) is 5.64. The standard InChI is InChI=1S/C31H46N4O2/c1-8-13-14-15-18-26(12-5)20-22-31(36)35(23-11-4)24-29-33-27(16-9-2)28(34-29)21-19-25(6)37-30(32-7)17-10-3/h8,10,13-14,16-18,21H,1,6,9,11-12,15,19-20,22-24H2,2-5,7H3,(H,33,34)/b14-13-,17-10+,26-18+,27-16+,28-21+,32-30?. The van der Waals surface area contributed by atoms with Crippen LogP contribution in [0.1, 0.15) is 78.5 Å². The van der Waals surface area contributed by atoms with E-state index in [1.807, 2.05) is 30.1 Å². The summed E-state index contributed by atoms with van der Waals surface area (Å²) in [6.45, 7) is 17.1. The van der Waals surface area contributed by atoms with Crippen LogP contribution in [0.2, 0.25) is 0 Å². The number of ether oxygens (including phenoxy) is 1. The third kappa shape index (κ3) is 12.4. The van der Waals surface area contributed by atoms with Gasteiger partial charge in [-0.05, 0) is 51.2 Å². The molecule has 6 heteroatoms. The zero-order valence-corrected chi connectivity index (χ0v) is 23.6. The van der Waals surface area contributed by atoms with Crippen molar-refractivity contribution in [1.29, 1.82) is 0 Å². The molecule has 202 valence electrons. The van der Waals surface area contributed by atoms with Gasteiger partial charge in [0.05, 0.1) is 17.2 Å². The number of carbonyl (C=O) groups excluding carboxylic acids is 1. The van der Waals surface area contributed by atoms with Gasteiger partial charge in [0.2, 0.25) is 11.8 Å². The predicted molar refractivity (Wildman–Crippen MR) is 157 cm³/mol. The van der Waals surface area contributed by atoms with Crippen LogP contribution in [-0.4, -0.2) is 40.3 Å². The van der Waals surface area contributed by atoms with Gasteiger partial charge >= 0.3 is 0 Å². The lowest BCUT2D eigenvalue weighted by Crippen LogP contribution is -2.31. The smallest absolute Gasteiger partial charge is 0.223 e. The average Bonchev–Trinajstić information content (AvgIpc) is 3.27. The van der Waals surface area contributed by atoms with Gasteiger partial charge in [-0.3, -0.25) is 9.79 Å². The van der Waals surface area contributed by atoms with E-state index in [1.165, 1.54) is 5.57 Å². The minimum atomic E-state index is 0.155. The van der Waals surface area contributed by atoms with Crippen molar-refractivity contribution >= 4 is 24.0 Å². The minimum absolute atomic E-state index is 0.155. The number of allylic oxidation sites excluding steroid dienone is 7. The van der Waals surface area contributed by atoms with Gasteiger partial charge in [-0.25, -0.2) is 4.98 Å². The number of aromatic nitrogens is 2. The number of nitrogens with one attached hydrogen (secondary N) is 1. The summed E-state index contributed by atoms with van der Waals surface area (Å²) in [6.07, 6.45) is 21.2. The second-order valence-corrected chi connectivity index (χ2v) is 8.64. The molecule has 0 radical (unpaired) electrons. The fourth-order valence-electron chi connectivity index (χ4n) is 3.74. The molecule has 1 N–H and O–H groups in total. The van der Waals surface area contributed by atoms with Crippen LogP contribution < -0.4 is 10.7 Å². The van der Waals surface area contributed by atoms with Gasteiger partial charge in [-0.1, -0.05) is 76.0 Å². The molecule has 0 saturated carbocycles. The first-order valence-electron chi connectivity index (χ1n) is 13.4. The van der Waals surface area contributed by atoms with E-state index in [0.29, 0.717) is 37.6 Å². The SMILES string of the molecule is C=C/C=C\C/C=C(\CC)CCC(=O)N(CCC)Cc1nc(=C/CC(=C)OC(/C=C/C)=NC)/c(=C\CC)[nH]1. The van der Waals surface area contributed by atoms with Crippen molar-refractivity contribution in [3.8, 4) is 0 Å². The molecule has 0 saturated heterocycles. The van der Waals surface area contributed by atoms with Crippen LogP contribution in [0.25, 0.3) is 12.2 Å². The van der Waals surface area contributed by atoms with Crippen LogP contribution in [0.4, 0.5) is 0 Å². The van der Waals surface area contributed by atoms with E-state index in [0.717, 1.165) is 48.6 Å². The predicted octanol–water partition coefficient (Wildman–Crippen LogP) is 5.89.